The monoisotopic (exact) mass is 276 g/mol. The second-order valence-corrected chi connectivity index (χ2v) is 5.08. The molecule has 6 nitrogen and oxygen atoms in total. The van der Waals surface area contributed by atoms with Crippen molar-refractivity contribution in [2.24, 2.45) is 7.05 Å². The normalized spacial score (nSPS) is 12.7. The van der Waals surface area contributed by atoms with Gasteiger partial charge >= 0.3 is 0 Å². The molecule has 20 heavy (non-hydrogen) atoms. The first-order valence-electron chi connectivity index (χ1n) is 6.78. The Morgan fingerprint density at radius 1 is 1.50 bits per heavy atom. The van der Waals surface area contributed by atoms with E-state index in [4.69, 9.17) is 4.52 Å². The van der Waals surface area contributed by atoms with Gasteiger partial charge in [0.05, 0.1) is 11.7 Å². The molecule has 1 N–H and O–H groups in total. The molecular weight excluding hydrogens is 256 g/mol. The predicted molar refractivity (Wildman–Crippen MR) is 74.3 cm³/mol. The van der Waals surface area contributed by atoms with Crippen molar-refractivity contribution in [1.29, 1.82) is 0 Å². The molecule has 0 bridgehead atoms. The van der Waals surface area contributed by atoms with Crippen molar-refractivity contribution >= 4 is 5.91 Å². The van der Waals surface area contributed by atoms with Gasteiger partial charge in [-0.25, -0.2) is 0 Å². The zero-order valence-electron chi connectivity index (χ0n) is 12.3. The Bertz CT molecular complexity index is 586. The molecule has 0 radical (unpaired) electrons. The number of hydrogen-bond donors (Lipinski definition) is 1. The molecule has 2 rings (SSSR count). The third-order valence-electron chi connectivity index (χ3n) is 3.26. The lowest BCUT2D eigenvalue weighted by atomic mass is 10.1. The van der Waals surface area contributed by atoms with Gasteiger partial charge in [0.25, 0.3) is 5.91 Å². The molecule has 0 aromatic carbocycles. The second-order valence-electron chi connectivity index (χ2n) is 5.08. The van der Waals surface area contributed by atoms with Crippen LogP contribution in [0.4, 0.5) is 0 Å². The number of carbonyl (C=O) groups excluding carboxylic acids is 1. The van der Waals surface area contributed by atoms with E-state index in [9.17, 15) is 4.79 Å². The van der Waals surface area contributed by atoms with Crippen LogP contribution in [0.3, 0.4) is 0 Å². The van der Waals surface area contributed by atoms with Crippen LogP contribution in [0.5, 0.6) is 0 Å². The highest BCUT2D eigenvalue weighted by Crippen LogP contribution is 2.18. The molecule has 108 valence electrons. The van der Waals surface area contributed by atoms with Gasteiger partial charge in [0.2, 0.25) is 0 Å². The van der Waals surface area contributed by atoms with Gasteiger partial charge in [-0.1, -0.05) is 25.9 Å². The van der Waals surface area contributed by atoms with Crippen molar-refractivity contribution in [1.82, 2.24) is 20.3 Å². The standard InChI is InChI=1S/C14H20N4O2/c1-5-10(12-6-7-15-18(12)4)16-14(19)11-8-13(9(2)3)20-17-11/h6-10H,5H2,1-4H3,(H,16,19)/t10-/m1/s1. The Morgan fingerprint density at radius 3 is 2.75 bits per heavy atom. The topological polar surface area (TPSA) is 73.0 Å². The molecule has 0 aliphatic heterocycles. The minimum absolute atomic E-state index is 0.0887. The summed E-state index contributed by atoms with van der Waals surface area (Å²) in [6, 6.07) is 3.50. The molecule has 6 heteroatoms. The molecule has 1 amide bonds. The summed E-state index contributed by atoms with van der Waals surface area (Å²) in [5, 5.41) is 10.9. The number of carbonyl (C=O) groups is 1. The molecule has 2 aromatic heterocycles. The summed E-state index contributed by atoms with van der Waals surface area (Å²) in [6.07, 6.45) is 2.50. The molecule has 0 aliphatic rings. The van der Waals surface area contributed by atoms with Crippen LogP contribution in [0.15, 0.2) is 22.9 Å². The third-order valence-corrected chi connectivity index (χ3v) is 3.26. The van der Waals surface area contributed by atoms with E-state index in [1.807, 2.05) is 33.9 Å². The Morgan fingerprint density at radius 2 is 2.25 bits per heavy atom. The maximum absolute atomic E-state index is 12.2. The summed E-state index contributed by atoms with van der Waals surface area (Å²) in [5.41, 5.74) is 1.28. The molecule has 0 saturated carbocycles. The summed E-state index contributed by atoms with van der Waals surface area (Å²) in [4.78, 5) is 12.2. The predicted octanol–water partition coefficient (Wildman–Crippen LogP) is 2.41. The second kappa shape index (κ2) is 5.90. The lowest BCUT2D eigenvalue weighted by Gasteiger charge is -2.16. The average Bonchev–Trinajstić information content (AvgIpc) is 3.04. The molecule has 2 heterocycles. The van der Waals surface area contributed by atoms with Crippen LogP contribution in [0.1, 0.15) is 61.1 Å². The quantitative estimate of drug-likeness (QED) is 0.910. The fourth-order valence-corrected chi connectivity index (χ4v) is 2.01. The molecule has 0 unspecified atom stereocenters. The van der Waals surface area contributed by atoms with Crippen LogP contribution in [0, 0.1) is 0 Å². The number of aromatic nitrogens is 3. The van der Waals surface area contributed by atoms with Crippen LogP contribution in [-0.2, 0) is 7.05 Å². The molecule has 0 fully saturated rings. The van der Waals surface area contributed by atoms with Crippen LogP contribution >= 0.6 is 0 Å². The van der Waals surface area contributed by atoms with E-state index in [2.05, 4.69) is 15.6 Å². The summed E-state index contributed by atoms with van der Waals surface area (Å²) in [7, 11) is 1.86. The van der Waals surface area contributed by atoms with E-state index in [0.717, 1.165) is 12.1 Å². The Balaban J connectivity index is 2.11. The van der Waals surface area contributed by atoms with E-state index in [1.54, 1.807) is 16.9 Å². The van der Waals surface area contributed by atoms with Crippen molar-refractivity contribution in [3.05, 3.63) is 35.5 Å². The Kier molecular flexibility index (Phi) is 4.22. The minimum Gasteiger partial charge on any atom is -0.360 e. The SMILES string of the molecule is CC[C@@H](NC(=O)c1cc(C(C)C)on1)c1ccnn1C. The van der Waals surface area contributed by atoms with Crippen LogP contribution < -0.4 is 5.32 Å². The van der Waals surface area contributed by atoms with Gasteiger partial charge in [-0.3, -0.25) is 9.48 Å². The largest absolute Gasteiger partial charge is 0.360 e. The van der Waals surface area contributed by atoms with Gasteiger partial charge in [0.1, 0.15) is 5.76 Å². The third kappa shape index (κ3) is 2.89. The van der Waals surface area contributed by atoms with Gasteiger partial charge < -0.3 is 9.84 Å². The number of rotatable bonds is 5. The maximum Gasteiger partial charge on any atom is 0.274 e. The first-order chi connectivity index (χ1) is 9.52. The summed E-state index contributed by atoms with van der Waals surface area (Å²) >= 11 is 0. The zero-order chi connectivity index (χ0) is 14.7. The van der Waals surface area contributed by atoms with Crippen molar-refractivity contribution in [2.45, 2.75) is 39.2 Å². The maximum atomic E-state index is 12.2. The Hall–Kier alpha value is -2.11. The molecule has 2 aromatic rings. The van der Waals surface area contributed by atoms with Crippen molar-refractivity contribution in [3.8, 4) is 0 Å². The van der Waals surface area contributed by atoms with E-state index < -0.39 is 0 Å². The van der Waals surface area contributed by atoms with Gasteiger partial charge in [-0.15, -0.1) is 0 Å². The zero-order valence-corrected chi connectivity index (χ0v) is 12.3. The fraction of sp³-hybridized carbons (Fsp3) is 0.500. The molecule has 0 spiro atoms. The molecular formula is C14H20N4O2. The highest BCUT2D eigenvalue weighted by molar-refractivity contribution is 5.92. The van der Waals surface area contributed by atoms with E-state index in [-0.39, 0.29) is 17.9 Å². The smallest absolute Gasteiger partial charge is 0.274 e. The first kappa shape index (κ1) is 14.3. The summed E-state index contributed by atoms with van der Waals surface area (Å²) < 4.78 is 6.91. The number of aryl methyl sites for hydroxylation is 1. The number of nitrogens with zero attached hydrogens (tertiary/aromatic N) is 3. The summed E-state index contributed by atoms with van der Waals surface area (Å²) in [6.45, 7) is 6.00. The van der Waals surface area contributed by atoms with Gasteiger partial charge in [0, 0.05) is 25.2 Å². The van der Waals surface area contributed by atoms with Crippen molar-refractivity contribution in [3.63, 3.8) is 0 Å². The van der Waals surface area contributed by atoms with Gasteiger partial charge in [-0.05, 0) is 12.5 Å². The van der Waals surface area contributed by atoms with E-state index in [1.165, 1.54) is 0 Å². The lowest BCUT2D eigenvalue weighted by Crippen LogP contribution is -2.29. The number of amides is 1. The average molecular weight is 276 g/mol. The number of nitrogens with one attached hydrogen (secondary N) is 1. The van der Waals surface area contributed by atoms with E-state index in [0.29, 0.717) is 11.5 Å². The van der Waals surface area contributed by atoms with Gasteiger partial charge in [-0.2, -0.15) is 5.10 Å². The highest BCUT2D eigenvalue weighted by Gasteiger charge is 2.20. The van der Waals surface area contributed by atoms with Crippen LogP contribution in [0.2, 0.25) is 0 Å². The fourth-order valence-electron chi connectivity index (χ4n) is 2.01. The van der Waals surface area contributed by atoms with Gasteiger partial charge in [0.15, 0.2) is 5.69 Å². The first-order valence-corrected chi connectivity index (χ1v) is 6.78. The Labute approximate surface area is 118 Å². The molecule has 0 aliphatic carbocycles. The van der Waals surface area contributed by atoms with Crippen LogP contribution in [0.25, 0.3) is 0 Å². The van der Waals surface area contributed by atoms with Crippen molar-refractivity contribution < 1.29 is 9.32 Å². The minimum atomic E-state index is -0.228. The summed E-state index contributed by atoms with van der Waals surface area (Å²) in [5.74, 6) is 0.695. The highest BCUT2D eigenvalue weighted by atomic mass is 16.5. The van der Waals surface area contributed by atoms with E-state index >= 15 is 0 Å². The number of hydrogen-bond acceptors (Lipinski definition) is 4. The lowest BCUT2D eigenvalue weighted by molar-refractivity contribution is 0.0924. The molecule has 0 saturated heterocycles. The van der Waals surface area contributed by atoms with Crippen molar-refractivity contribution in [2.75, 3.05) is 0 Å². The van der Waals surface area contributed by atoms with Crippen LogP contribution in [-0.4, -0.2) is 20.8 Å². The molecule has 1 atom stereocenters.